The molecule has 7 heteroatoms. The molecule has 0 bridgehead atoms. The van der Waals surface area contributed by atoms with Crippen molar-refractivity contribution < 1.29 is 19.1 Å². The molecule has 0 saturated carbocycles. The number of nitrogens with one attached hydrogen (secondary N) is 1. The van der Waals surface area contributed by atoms with E-state index in [4.69, 9.17) is 9.47 Å². The van der Waals surface area contributed by atoms with Gasteiger partial charge in [-0.15, -0.1) is 11.8 Å². The Balaban J connectivity index is 1.57. The molecule has 2 aromatic rings. The van der Waals surface area contributed by atoms with Crippen LogP contribution in [-0.4, -0.2) is 42.2 Å². The quantitative estimate of drug-likeness (QED) is 0.751. The van der Waals surface area contributed by atoms with Crippen LogP contribution in [0.4, 0.5) is 5.69 Å². The van der Waals surface area contributed by atoms with E-state index in [0.29, 0.717) is 19.8 Å². The second kappa shape index (κ2) is 9.01. The summed E-state index contributed by atoms with van der Waals surface area (Å²) in [6.07, 6.45) is 0. The highest BCUT2D eigenvalue weighted by molar-refractivity contribution is 8.00. The summed E-state index contributed by atoms with van der Waals surface area (Å²) in [5.41, 5.74) is 1.74. The van der Waals surface area contributed by atoms with Gasteiger partial charge < -0.3 is 19.7 Å². The molecule has 1 heterocycles. The number of carbonyl (C=O) groups is 2. The fourth-order valence-electron chi connectivity index (χ4n) is 2.92. The zero-order valence-electron chi connectivity index (χ0n) is 16.2. The van der Waals surface area contributed by atoms with Gasteiger partial charge in [0.2, 0.25) is 11.8 Å². The van der Waals surface area contributed by atoms with Crippen molar-refractivity contribution in [3.05, 3.63) is 48.0 Å². The first kappa shape index (κ1) is 20.1. The van der Waals surface area contributed by atoms with Crippen LogP contribution >= 0.6 is 11.8 Å². The second-order valence-electron chi connectivity index (χ2n) is 6.64. The summed E-state index contributed by atoms with van der Waals surface area (Å²) < 4.78 is 11.1. The third-order valence-electron chi connectivity index (χ3n) is 4.24. The highest BCUT2D eigenvalue weighted by atomic mass is 32.2. The number of thioether (sulfide) groups is 1. The average molecular weight is 401 g/mol. The highest BCUT2D eigenvalue weighted by Gasteiger charge is 2.20. The molecule has 0 saturated heterocycles. The van der Waals surface area contributed by atoms with Crippen molar-refractivity contribution in [1.29, 1.82) is 0 Å². The van der Waals surface area contributed by atoms with Gasteiger partial charge in [-0.3, -0.25) is 9.59 Å². The van der Waals surface area contributed by atoms with E-state index in [1.807, 2.05) is 49.4 Å². The number of carbonyl (C=O) groups excluding carboxylic acids is 2. The molecule has 2 amide bonds. The maximum atomic E-state index is 12.7. The van der Waals surface area contributed by atoms with Crippen LogP contribution in [0.25, 0.3) is 0 Å². The van der Waals surface area contributed by atoms with E-state index in [1.165, 1.54) is 18.7 Å². The number of hydrogen-bond acceptors (Lipinski definition) is 5. The fourth-order valence-corrected chi connectivity index (χ4v) is 3.91. The Labute approximate surface area is 169 Å². The molecule has 3 rings (SSSR count). The van der Waals surface area contributed by atoms with Crippen LogP contribution in [-0.2, 0) is 16.1 Å². The van der Waals surface area contributed by atoms with E-state index < -0.39 is 0 Å². The molecule has 0 spiro atoms. The molecule has 1 aliphatic rings. The van der Waals surface area contributed by atoms with Crippen molar-refractivity contribution in [3.8, 4) is 11.5 Å². The van der Waals surface area contributed by atoms with Gasteiger partial charge >= 0.3 is 0 Å². The third kappa shape index (κ3) is 5.19. The lowest BCUT2D eigenvalue weighted by molar-refractivity contribution is -0.129. The SMILES string of the molecule is CC(=O)Nc1ccc(SC(C)C(=O)N(C)Cc2ccc3c(c2)OCCO3)cc1. The maximum Gasteiger partial charge on any atom is 0.235 e. The van der Waals surface area contributed by atoms with E-state index in [2.05, 4.69) is 5.32 Å². The van der Waals surface area contributed by atoms with Crippen LogP contribution in [0.5, 0.6) is 11.5 Å². The van der Waals surface area contributed by atoms with Gasteiger partial charge in [-0.25, -0.2) is 0 Å². The molecule has 2 aromatic carbocycles. The van der Waals surface area contributed by atoms with Gasteiger partial charge in [-0.1, -0.05) is 6.07 Å². The predicted octanol–water partition coefficient (Wildman–Crippen LogP) is 3.56. The Morgan fingerprint density at radius 1 is 1.11 bits per heavy atom. The van der Waals surface area contributed by atoms with Crippen LogP contribution in [0.3, 0.4) is 0 Å². The van der Waals surface area contributed by atoms with E-state index in [9.17, 15) is 9.59 Å². The summed E-state index contributed by atoms with van der Waals surface area (Å²) in [5, 5.41) is 2.50. The van der Waals surface area contributed by atoms with Crippen molar-refractivity contribution in [2.75, 3.05) is 25.6 Å². The van der Waals surface area contributed by atoms with Gasteiger partial charge in [-0.2, -0.15) is 0 Å². The van der Waals surface area contributed by atoms with E-state index in [1.54, 1.807) is 11.9 Å². The van der Waals surface area contributed by atoms with Crippen molar-refractivity contribution >= 4 is 29.3 Å². The molecule has 0 fully saturated rings. The lowest BCUT2D eigenvalue weighted by atomic mass is 10.2. The van der Waals surface area contributed by atoms with Gasteiger partial charge in [0, 0.05) is 31.1 Å². The molecular formula is C21H24N2O4S. The number of rotatable bonds is 6. The molecule has 1 aliphatic heterocycles. The van der Waals surface area contributed by atoms with Crippen LogP contribution in [0.15, 0.2) is 47.4 Å². The van der Waals surface area contributed by atoms with Gasteiger partial charge in [0.15, 0.2) is 11.5 Å². The number of ether oxygens (including phenoxy) is 2. The van der Waals surface area contributed by atoms with E-state index in [-0.39, 0.29) is 17.1 Å². The first-order valence-electron chi connectivity index (χ1n) is 9.10. The predicted molar refractivity (Wildman–Crippen MR) is 110 cm³/mol. The molecule has 1 N–H and O–H groups in total. The molecule has 0 aromatic heterocycles. The summed E-state index contributed by atoms with van der Waals surface area (Å²) in [5.74, 6) is 1.41. The van der Waals surface area contributed by atoms with Gasteiger partial charge in [0.25, 0.3) is 0 Å². The van der Waals surface area contributed by atoms with E-state index in [0.717, 1.165) is 27.6 Å². The normalized spacial score (nSPS) is 13.5. The number of anilines is 1. The summed E-state index contributed by atoms with van der Waals surface area (Å²) in [6.45, 7) is 4.97. The van der Waals surface area contributed by atoms with Gasteiger partial charge in [0.1, 0.15) is 13.2 Å². The third-order valence-corrected chi connectivity index (χ3v) is 5.34. The summed E-state index contributed by atoms with van der Waals surface area (Å²) >= 11 is 1.49. The summed E-state index contributed by atoms with van der Waals surface area (Å²) in [6, 6.07) is 13.2. The minimum atomic E-state index is -0.228. The number of amides is 2. The monoisotopic (exact) mass is 400 g/mol. The van der Waals surface area contributed by atoms with Crippen LogP contribution in [0.1, 0.15) is 19.4 Å². The van der Waals surface area contributed by atoms with Gasteiger partial charge in [0.05, 0.1) is 5.25 Å². The first-order chi connectivity index (χ1) is 13.4. The Morgan fingerprint density at radius 2 is 1.79 bits per heavy atom. The molecule has 0 aliphatic carbocycles. The minimum Gasteiger partial charge on any atom is -0.486 e. The standard InChI is InChI=1S/C21H24N2O4S/c1-14(28-18-7-5-17(6-8-18)22-15(2)24)21(25)23(3)13-16-4-9-19-20(12-16)27-11-10-26-19/h4-9,12,14H,10-11,13H2,1-3H3,(H,22,24). The Morgan fingerprint density at radius 3 is 2.46 bits per heavy atom. The molecule has 1 unspecified atom stereocenters. The highest BCUT2D eigenvalue weighted by Crippen LogP contribution is 2.31. The van der Waals surface area contributed by atoms with Crippen molar-refractivity contribution in [2.45, 2.75) is 30.5 Å². The molecule has 148 valence electrons. The number of nitrogens with zero attached hydrogens (tertiary/aromatic N) is 1. The molecule has 28 heavy (non-hydrogen) atoms. The molecular weight excluding hydrogens is 376 g/mol. The Hall–Kier alpha value is -2.67. The second-order valence-corrected chi connectivity index (χ2v) is 8.05. The smallest absolute Gasteiger partial charge is 0.235 e. The van der Waals surface area contributed by atoms with Crippen molar-refractivity contribution in [1.82, 2.24) is 4.90 Å². The van der Waals surface area contributed by atoms with Crippen LogP contribution < -0.4 is 14.8 Å². The Kier molecular flexibility index (Phi) is 6.46. The number of fused-ring (bicyclic) bond motifs is 1. The minimum absolute atomic E-state index is 0.0471. The Bertz CT molecular complexity index is 854. The largest absolute Gasteiger partial charge is 0.486 e. The summed E-state index contributed by atoms with van der Waals surface area (Å²) in [7, 11) is 1.80. The zero-order valence-corrected chi connectivity index (χ0v) is 17.0. The number of benzene rings is 2. The van der Waals surface area contributed by atoms with Crippen LogP contribution in [0, 0.1) is 0 Å². The lowest BCUT2D eigenvalue weighted by Gasteiger charge is -2.23. The maximum absolute atomic E-state index is 12.7. The zero-order chi connectivity index (χ0) is 20.1. The molecule has 6 nitrogen and oxygen atoms in total. The summed E-state index contributed by atoms with van der Waals surface area (Å²) in [4.78, 5) is 26.5. The molecule has 0 radical (unpaired) electrons. The number of hydrogen-bond donors (Lipinski definition) is 1. The van der Waals surface area contributed by atoms with Crippen LogP contribution in [0.2, 0.25) is 0 Å². The van der Waals surface area contributed by atoms with Crippen molar-refractivity contribution in [2.24, 2.45) is 0 Å². The molecule has 1 atom stereocenters. The fraction of sp³-hybridized carbons (Fsp3) is 0.333. The average Bonchev–Trinajstić information content (AvgIpc) is 2.68. The van der Waals surface area contributed by atoms with E-state index >= 15 is 0 Å². The lowest BCUT2D eigenvalue weighted by Crippen LogP contribution is -2.32. The van der Waals surface area contributed by atoms with Crippen molar-refractivity contribution in [3.63, 3.8) is 0 Å². The first-order valence-corrected chi connectivity index (χ1v) is 9.98. The van der Waals surface area contributed by atoms with Gasteiger partial charge in [-0.05, 0) is 48.9 Å². The topological polar surface area (TPSA) is 67.9 Å².